The van der Waals surface area contributed by atoms with Gasteiger partial charge in [-0.05, 0) is 19.1 Å². The minimum Gasteiger partial charge on any atom is -0.478 e. The molecule has 0 bridgehead atoms. The fraction of sp³-hybridized carbons (Fsp3) is 0.357. The summed E-state index contributed by atoms with van der Waals surface area (Å²) in [5, 5.41) is 20.6. The van der Waals surface area contributed by atoms with E-state index in [1.165, 1.54) is 11.0 Å². The summed E-state index contributed by atoms with van der Waals surface area (Å²) >= 11 is 0. The molecule has 0 radical (unpaired) electrons. The lowest BCUT2D eigenvalue weighted by molar-refractivity contribution is 0.0181. The Morgan fingerprint density at radius 1 is 1.52 bits per heavy atom. The van der Waals surface area contributed by atoms with Crippen LogP contribution in [0.4, 0.5) is 10.5 Å². The maximum absolute atomic E-state index is 12.1. The van der Waals surface area contributed by atoms with Gasteiger partial charge in [0.05, 0.1) is 30.5 Å². The number of nitriles is 1. The van der Waals surface area contributed by atoms with Crippen LogP contribution in [0.1, 0.15) is 15.9 Å². The molecular weight excluding hydrogens is 274 g/mol. The molecule has 1 aliphatic heterocycles. The van der Waals surface area contributed by atoms with Gasteiger partial charge in [0.2, 0.25) is 0 Å². The van der Waals surface area contributed by atoms with Crippen LogP contribution in [0, 0.1) is 18.3 Å². The van der Waals surface area contributed by atoms with Crippen molar-refractivity contribution in [1.29, 1.82) is 5.26 Å². The van der Waals surface area contributed by atoms with Gasteiger partial charge in [-0.2, -0.15) is 5.26 Å². The molecule has 1 heterocycles. The van der Waals surface area contributed by atoms with Crippen molar-refractivity contribution in [2.75, 3.05) is 25.0 Å². The molecule has 0 aromatic heterocycles. The first-order valence-corrected chi connectivity index (χ1v) is 6.42. The molecule has 1 aromatic rings. The molecule has 1 unspecified atom stereocenters. The molecule has 1 aliphatic rings. The minimum absolute atomic E-state index is 0.0356. The Morgan fingerprint density at radius 2 is 2.29 bits per heavy atom. The van der Waals surface area contributed by atoms with Crippen LogP contribution in [0.15, 0.2) is 18.2 Å². The third-order valence-corrected chi connectivity index (χ3v) is 3.14. The Balaban J connectivity index is 2.13. The van der Waals surface area contributed by atoms with Gasteiger partial charge in [-0.1, -0.05) is 11.6 Å². The Labute approximate surface area is 121 Å². The highest BCUT2D eigenvalue weighted by atomic mass is 16.5. The van der Waals surface area contributed by atoms with E-state index in [2.05, 4.69) is 5.32 Å². The van der Waals surface area contributed by atoms with Crippen molar-refractivity contribution < 1.29 is 19.4 Å². The highest BCUT2D eigenvalue weighted by Crippen LogP contribution is 2.18. The number of aryl methyl sites for hydroxylation is 1. The SMILES string of the molecule is Cc1ccc(NC(=O)N2CCOC(C#N)C2)c(C(=O)O)c1. The number of hydrogen-bond donors (Lipinski definition) is 2. The second-order valence-corrected chi connectivity index (χ2v) is 4.72. The van der Waals surface area contributed by atoms with Crippen molar-refractivity contribution in [2.45, 2.75) is 13.0 Å². The van der Waals surface area contributed by atoms with E-state index in [0.717, 1.165) is 5.56 Å². The maximum atomic E-state index is 12.1. The number of carboxylic acid groups (broad SMARTS) is 1. The van der Waals surface area contributed by atoms with E-state index in [1.807, 2.05) is 6.07 Å². The maximum Gasteiger partial charge on any atom is 0.337 e. The summed E-state index contributed by atoms with van der Waals surface area (Å²) in [4.78, 5) is 24.8. The van der Waals surface area contributed by atoms with Gasteiger partial charge in [0, 0.05) is 6.54 Å². The molecule has 2 amide bonds. The van der Waals surface area contributed by atoms with Crippen molar-refractivity contribution in [3.63, 3.8) is 0 Å². The zero-order valence-electron chi connectivity index (χ0n) is 11.5. The van der Waals surface area contributed by atoms with E-state index in [9.17, 15) is 9.59 Å². The first-order chi connectivity index (χ1) is 10.0. The molecule has 1 saturated heterocycles. The van der Waals surface area contributed by atoms with E-state index in [-0.39, 0.29) is 24.4 Å². The van der Waals surface area contributed by atoms with Gasteiger partial charge >= 0.3 is 12.0 Å². The fourth-order valence-corrected chi connectivity index (χ4v) is 2.05. The average Bonchev–Trinajstić information content (AvgIpc) is 2.48. The molecule has 1 fully saturated rings. The van der Waals surface area contributed by atoms with Gasteiger partial charge in [0.15, 0.2) is 6.10 Å². The number of carbonyl (C=O) groups excluding carboxylic acids is 1. The monoisotopic (exact) mass is 289 g/mol. The van der Waals surface area contributed by atoms with Gasteiger partial charge in [-0.15, -0.1) is 0 Å². The van der Waals surface area contributed by atoms with Crippen LogP contribution >= 0.6 is 0 Å². The Kier molecular flexibility index (Phi) is 4.40. The molecule has 7 heteroatoms. The summed E-state index contributed by atoms with van der Waals surface area (Å²) < 4.78 is 5.16. The van der Waals surface area contributed by atoms with Crippen LogP contribution in [-0.4, -0.2) is 47.8 Å². The van der Waals surface area contributed by atoms with Crippen molar-refractivity contribution >= 4 is 17.7 Å². The Hall–Kier alpha value is -2.59. The topological polar surface area (TPSA) is 103 Å². The van der Waals surface area contributed by atoms with Gasteiger partial charge in [-0.3, -0.25) is 0 Å². The third-order valence-electron chi connectivity index (χ3n) is 3.14. The van der Waals surface area contributed by atoms with Crippen LogP contribution in [0.5, 0.6) is 0 Å². The number of anilines is 1. The summed E-state index contributed by atoms with van der Waals surface area (Å²) in [5.74, 6) is -1.11. The summed E-state index contributed by atoms with van der Waals surface area (Å²) in [7, 11) is 0. The number of nitrogens with one attached hydrogen (secondary N) is 1. The number of amides is 2. The lowest BCUT2D eigenvalue weighted by atomic mass is 10.1. The van der Waals surface area contributed by atoms with Crippen LogP contribution < -0.4 is 5.32 Å². The number of hydrogen-bond acceptors (Lipinski definition) is 4. The van der Waals surface area contributed by atoms with E-state index < -0.39 is 18.1 Å². The lowest BCUT2D eigenvalue weighted by Crippen LogP contribution is -2.47. The minimum atomic E-state index is -1.11. The molecule has 0 spiro atoms. The molecule has 0 aliphatic carbocycles. The molecule has 21 heavy (non-hydrogen) atoms. The van der Waals surface area contributed by atoms with E-state index >= 15 is 0 Å². The van der Waals surface area contributed by atoms with Gasteiger partial charge in [-0.25, -0.2) is 9.59 Å². The zero-order valence-corrected chi connectivity index (χ0v) is 11.5. The number of rotatable bonds is 2. The van der Waals surface area contributed by atoms with Gasteiger partial charge in [0.1, 0.15) is 0 Å². The number of aromatic carboxylic acids is 1. The number of carbonyl (C=O) groups is 2. The first kappa shape index (κ1) is 14.8. The van der Waals surface area contributed by atoms with Crippen LogP contribution in [0.3, 0.4) is 0 Å². The lowest BCUT2D eigenvalue weighted by Gasteiger charge is -2.29. The molecule has 0 saturated carbocycles. The zero-order chi connectivity index (χ0) is 15.4. The standard InChI is InChI=1S/C14H15N3O4/c1-9-2-3-12(11(6-9)13(18)19)16-14(20)17-4-5-21-10(7-15)8-17/h2-3,6,10H,4-5,8H2,1H3,(H,16,20)(H,18,19). The molecule has 110 valence electrons. The number of ether oxygens (including phenoxy) is 1. The Morgan fingerprint density at radius 3 is 2.95 bits per heavy atom. The number of benzene rings is 1. The fourth-order valence-electron chi connectivity index (χ4n) is 2.05. The number of carboxylic acids is 1. The summed E-state index contributed by atoms with van der Waals surface area (Å²) in [5.41, 5.74) is 1.06. The second kappa shape index (κ2) is 6.24. The molecule has 7 nitrogen and oxygen atoms in total. The molecular formula is C14H15N3O4. The smallest absolute Gasteiger partial charge is 0.337 e. The number of morpholine rings is 1. The molecule has 1 aromatic carbocycles. The van der Waals surface area contributed by atoms with Gasteiger partial charge < -0.3 is 20.1 Å². The van der Waals surface area contributed by atoms with E-state index in [4.69, 9.17) is 15.1 Å². The summed E-state index contributed by atoms with van der Waals surface area (Å²) in [6.45, 7) is 2.58. The largest absolute Gasteiger partial charge is 0.478 e. The third kappa shape index (κ3) is 3.49. The first-order valence-electron chi connectivity index (χ1n) is 6.42. The quantitative estimate of drug-likeness (QED) is 0.857. The van der Waals surface area contributed by atoms with Crippen LogP contribution in [0.25, 0.3) is 0 Å². The predicted molar refractivity (Wildman–Crippen MR) is 74.1 cm³/mol. The highest BCUT2D eigenvalue weighted by molar-refractivity contribution is 6.00. The van der Waals surface area contributed by atoms with Gasteiger partial charge in [0.25, 0.3) is 0 Å². The second-order valence-electron chi connectivity index (χ2n) is 4.72. The van der Waals surface area contributed by atoms with Crippen molar-refractivity contribution in [3.8, 4) is 6.07 Å². The number of nitrogens with zero attached hydrogens (tertiary/aromatic N) is 2. The van der Waals surface area contributed by atoms with Crippen molar-refractivity contribution in [2.24, 2.45) is 0 Å². The predicted octanol–water partition coefficient (Wildman–Crippen LogP) is 1.45. The highest BCUT2D eigenvalue weighted by Gasteiger charge is 2.24. The summed E-state index contributed by atoms with van der Waals surface area (Å²) in [6, 6.07) is 6.28. The van der Waals surface area contributed by atoms with E-state index in [0.29, 0.717) is 6.54 Å². The van der Waals surface area contributed by atoms with E-state index in [1.54, 1.807) is 19.1 Å². The van der Waals surface area contributed by atoms with Crippen LogP contribution in [0.2, 0.25) is 0 Å². The summed E-state index contributed by atoms with van der Waals surface area (Å²) in [6.07, 6.45) is -0.651. The normalized spacial score (nSPS) is 17.9. The van der Waals surface area contributed by atoms with Crippen molar-refractivity contribution in [1.82, 2.24) is 4.90 Å². The average molecular weight is 289 g/mol. The molecule has 1 atom stereocenters. The molecule has 2 N–H and O–H groups in total. The number of urea groups is 1. The molecule has 2 rings (SSSR count). The van der Waals surface area contributed by atoms with Crippen molar-refractivity contribution in [3.05, 3.63) is 29.3 Å². The van der Waals surface area contributed by atoms with Crippen LogP contribution in [-0.2, 0) is 4.74 Å². The Bertz CT molecular complexity index is 609.